The van der Waals surface area contributed by atoms with Crippen LogP contribution in [0.1, 0.15) is 29.3 Å². The van der Waals surface area contributed by atoms with Crippen molar-refractivity contribution in [1.29, 1.82) is 0 Å². The molecule has 1 saturated heterocycles. The van der Waals surface area contributed by atoms with Gasteiger partial charge in [0.05, 0.1) is 5.01 Å². The first-order valence-corrected chi connectivity index (χ1v) is 8.91. The molecule has 6 nitrogen and oxygen atoms in total. The highest BCUT2D eigenvalue weighted by molar-refractivity contribution is 7.09. The first kappa shape index (κ1) is 27.1. The number of hydrogen-bond donors (Lipinski definition) is 2. The van der Waals surface area contributed by atoms with Gasteiger partial charge in [-0.1, -0.05) is 6.92 Å². The highest BCUT2D eigenvalue weighted by atomic mass is 35.5. The first-order valence-electron chi connectivity index (χ1n) is 8.03. The van der Waals surface area contributed by atoms with E-state index in [1.807, 2.05) is 5.38 Å². The molecule has 0 aliphatic carbocycles. The van der Waals surface area contributed by atoms with Crippen molar-refractivity contribution >= 4 is 54.5 Å². The number of nitrogens with zero attached hydrogens (tertiary/aromatic N) is 3. The Bertz CT molecular complexity index is 483. The summed E-state index contributed by atoms with van der Waals surface area (Å²) >= 11 is 1.50. The summed E-state index contributed by atoms with van der Waals surface area (Å²) in [6.07, 6.45) is 0.732. The van der Waals surface area contributed by atoms with Crippen LogP contribution in [-0.4, -0.2) is 72.5 Å². The predicted octanol–water partition coefficient (Wildman–Crippen LogP) is 1.67. The normalized spacial score (nSPS) is 16.1. The average Bonchev–Trinajstić information content (AvgIpc) is 3.01. The third kappa shape index (κ3) is 8.39. The molecule has 148 valence electrons. The molecular weight excluding hydrogens is 405 g/mol. The second-order valence-corrected chi connectivity index (χ2v) is 6.64. The maximum absolute atomic E-state index is 12.1. The number of hydrogen-bond acceptors (Lipinski definition) is 6. The highest BCUT2D eigenvalue weighted by Crippen LogP contribution is 2.10. The minimum Gasteiger partial charge on any atom is -0.349 e. The van der Waals surface area contributed by atoms with Gasteiger partial charge in [0, 0.05) is 50.6 Å². The third-order valence-electron chi connectivity index (χ3n) is 4.18. The number of nitrogens with two attached hydrogens (primary N) is 1. The summed E-state index contributed by atoms with van der Waals surface area (Å²) in [4.78, 5) is 21.3. The molecule has 1 fully saturated rings. The number of likely N-dealkylation sites (N-methyl/N-ethyl adjacent to an activating group) is 1. The standard InChI is InChI=1S/C15H27N5OS.3ClH/c1-3-19-6-8-20(9-7-19)12(2)10-17-15(21)13-11-22-14(18-13)4-5-16;;;/h11-12H,3-10,16H2,1-2H3,(H,17,21);3*1H. The Morgan fingerprint density at radius 2 is 1.96 bits per heavy atom. The SMILES string of the molecule is CCN1CCN(C(C)CNC(=O)c2csc(CCN)n2)CC1.Cl.Cl.Cl. The smallest absolute Gasteiger partial charge is 0.270 e. The minimum absolute atomic E-state index is 0. The van der Waals surface area contributed by atoms with Crippen LogP contribution in [0.25, 0.3) is 0 Å². The molecular formula is C15H30Cl3N5OS. The lowest BCUT2D eigenvalue weighted by molar-refractivity contribution is 0.0879. The number of piperazine rings is 1. The Balaban J connectivity index is 0. The molecule has 3 N–H and O–H groups in total. The molecule has 1 aliphatic rings. The van der Waals surface area contributed by atoms with Gasteiger partial charge >= 0.3 is 0 Å². The van der Waals surface area contributed by atoms with Gasteiger partial charge in [-0.25, -0.2) is 4.98 Å². The van der Waals surface area contributed by atoms with Crippen LogP contribution in [-0.2, 0) is 6.42 Å². The lowest BCUT2D eigenvalue weighted by Crippen LogP contribution is -2.52. The molecule has 0 radical (unpaired) electrons. The van der Waals surface area contributed by atoms with Gasteiger partial charge in [0.1, 0.15) is 5.69 Å². The summed E-state index contributed by atoms with van der Waals surface area (Å²) in [6, 6.07) is 0.352. The maximum Gasteiger partial charge on any atom is 0.270 e. The van der Waals surface area contributed by atoms with E-state index in [9.17, 15) is 4.79 Å². The van der Waals surface area contributed by atoms with Crippen LogP contribution < -0.4 is 11.1 Å². The van der Waals surface area contributed by atoms with Crippen LogP contribution in [0.4, 0.5) is 0 Å². The lowest BCUT2D eigenvalue weighted by Gasteiger charge is -2.37. The van der Waals surface area contributed by atoms with E-state index >= 15 is 0 Å². The molecule has 10 heteroatoms. The van der Waals surface area contributed by atoms with Crippen molar-refractivity contribution in [3.05, 3.63) is 16.1 Å². The van der Waals surface area contributed by atoms with E-state index in [-0.39, 0.29) is 43.1 Å². The summed E-state index contributed by atoms with van der Waals surface area (Å²) in [5.74, 6) is -0.0847. The Hall–Kier alpha value is -0.150. The molecule has 1 atom stereocenters. The number of nitrogens with one attached hydrogen (secondary N) is 1. The van der Waals surface area contributed by atoms with E-state index in [0.29, 0.717) is 24.8 Å². The molecule has 25 heavy (non-hydrogen) atoms. The van der Waals surface area contributed by atoms with Crippen LogP contribution in [0, 0.1) is 0 Å². The fraction of sp³-hybridized carbons (Fsp3) is 0.733. The van der Waals surface area contributed by atoms with Gasteiger partial charge in [-0.3, -0.25) is 9.69 Å². The van der Waals surface area contributed by atoms with Crippen molar-refractivity contribution in [2.75, 3.05) is 45.8 Å². The topological polar surface area (TPSA) is 74.5 Å². The van der Waals surface area contributed by atoms with E-state index < -0.39 is 0 Å². The van der Waals surface area contributed by atoms with Gasteiger partial charge in [0.2, 0.25) is 0 Å². The second-order valence-electron chi connectivity index (χ2n) is 5.69. The van der Waals surface area contributed by atoms with Crippen molar-refractivity contribution in [1.82, 2.24) is 20.1 Å². The van der Waals surface area contributed by atoms with Crippen LogP contribution >= 0.6 is 48.6 Å². The predicted molar refractivity (Wildman–Crippen MR) is 112 cm³/mol. The number of amides is 1. The number of halogens is 3. The molecule has 1 aromatic rings. The Morgan fingerprint density at radius 1 is 1.32 bits per heavy atom. The third-order valence-corrected chi connectivity index (χ3v) is 5.09. The zero-order valence-corrected chi connectivity index (χ0v) is 18.0. The first-order chi connectivity index (χ1) is 10.6. The van der Waals surface area contributed by atoms with Crippen molar-refractivity contribution in [3.8, 4) is 0 Å². The van der Waals surface area contributed by atoms with Crippen LogP contribution in [0.2, 0.25) is 0 Å². The Morgan fingerprint density at radius 3 is 2.52 bits per heavy atom. The fourth-order valence-corrected chi connectivity index (χ4v) is 3.43. The van der Waals surface area contributed by atoms with Crippen molar-refractivity contribution in [2.45, 2.75) is 26.3 Å². The molecule has 0 bridgehead atoms. The molecule has 2 rings (SSSR count). The van der Waals surface area contributed by atoms with Crippen molar-refractivity contribution in [2.24, 2.45) is 5.73 Å². The Kier molecular flexibility index (Phi) is 15.1. The summed E-state index contributed by atoms with van der Waals surface area (Å²) in [5.41, 5.74) is 6.01. The molecule has 1 aliphatic heterocycles. The molecule has 1 unspecified atom stereocenters. The number of rotatable bonds is 7. The van der Waals surface area contributed by atoms with E-state index in [1.165, 1.54) is 11.3 Å². The average molecular weight is 435 g/mol. The van der Waals surface area contributed by atoms with E-state index in [0.717, 1.165) is 44.2 Å². The number of aromatic nitrogens is 1. The monoisotopic (exact) mass is 433 g/mol. The molecule has 1 aromatic heterocycles. The van der Waals surface area contributed by atoms with Crippen molar-refractivity contribution in [3.63, 3.8) is 0 Å². The number of carbonyl (C=O) groups excluding carboxylic acids is 1. The lowest BCUT2D eigenvalue weighted by atomic mass is 10.2. The summed E-state index contributed by atoms with van der Waals surface area (Å²) in [7, 11) is 0. The van der Waals surface area contributed by atoms with Gasteiger partial charge in [0.15, 0.2) is 0 Å². The van der Waals surface area contributed by atoms with E-state index in [1.54, 1.807) is 0 Å². The summed E-state index contributed by atoms with van der Waals surface area (Å²) < 4.78 is 0. The minimum atomic E-state index is -0.0847. The maximum atomic E-state index is 12.1. The van der Waals surface area contributed by atoms with Gasteiger partial charge in [0.25, 0.3) is 5.91 Å². The summed E-state index contributed by atoms with van der Waals surface area (Å²) in [6.45, 7) is 11.1. The van der Waals surface area contributed by atoms with Crippen LogP contribution in [0.15, 0.2) is 5.38 Å². The fourth-order valence-electron chi connectivity index (χ4n) is 2.63. The van der Waals surface area contributed by atoms with E-state index in [4.69, 9.17) is 5.73 Å². The molecule has 1 amide bonds. The van der Waals surface area contributed by atoms with Gasteiger partial charge in [-0.05, 0) is 20.0 Å². The molecule has 0 saturated carbocycles. The number of thiazole rings is 1. The van der Waals surface area contributed by atoms with E-state index in [2.05, 4.69) is 33.9 Å². The number of carbonyl (C=O) groups is 1. The van der Waals surface area contributed by atoms with Gasteiger partial charge in [-0.2, -0.15) is 0 Å². The molecule has 0 aromatic carbocycles. The van der Waals surface area contributed by atoms with Gasteiger partial charge in [-0.15, -0.1) is 48.6 Å². The zero-order valence-electron chi connectivity index (χ0n) is 14.8. The largest absolute Gasteiger partial charge is 0.349 e. The summed E-state index contributed by atoms with van der Waals surface area (Å²) in [5, 5.41) is 5.73. The zero-order chi connectivity index (χ0) is 15.9. The molecule has 0 spiro atoms. The van der Waals surface area contributed by atoms with Crippen molar-refractivity contribution < 1.29 is 4.79 Å². The van der Waals surface area contributed by atoms with Crippen LogP contribution in [0.5, 0.6) is 0 Å². The second kappa shape index (κ2) is 14.0. The van der Waals surface area contributed by atoms with Gasteiger partial charge < -0.3 is 16.0 Å². The highest BCUT2D eigenvalue weighted by Gasteiger charge is 2.21. The molecule has 2 heterocycles. The van der Waals surface area contributed by atoms with Crippen LogP contribution in [0.3, 0.4) is 0 Å². The quantitative estimate of drug-likeness (QED) is 0.683. The Labute approximate surface area is 173 Å².